The number of ether oxygens (including phenoxy) is 4. The minimum atomic E-state index is -0.383. The van der Waals surface area contributed by atoms with Crippen molar-refractivity contribution in [2.75, 3.05) is 25.7 Å². The second-order valence-corrected chi connectivity index (χ2v) is 11.2. The number of methoxy groups -OCH3 is 2. The fourth-order valence-electron chi connectivity index (χ4n) is 3.89. The van der Waals surface area contributed by atoms with E-state index < -0.39 is 0 Å². The van der Waals surface area contributed by atoms with E-state index >= 15 is 0 Å². The van der Waals surface area contributed by atoms with E-state index in [1.807, 2.05) is 55.6 Å². The maximum atomic E-state index is 13.4. The molecule has 2 saturated heterocycles. The number of hydrogen-bond acceptors (Lipinski definition) is 7. The molecule has 0 spiro atoms. The summed E-state index contributed by atoms with van der Waals surface area (Å²) in [6.45, 7) is 7.65. The number of carbonyl (C=O) groups excluding carboxylic acids is 1. The second-order valence-electron chi connectivity index (χ2n) is 8.11. The Morgan fingerprint density at radius 3 is 2.64 bits per heavy atom. The van der Waals surface area contributed by atoms with Gasteiger partial charge in [0, 0.05) is 18.9 Å². The summed E-state index contributed by atoms with van der Waals surface area (Å²) in [7, 11) is 3.19. The van der Waals surface area contributed by atoms with Crippen molar-refractivity contribution in [2.45, 2.75) is 55.5 Å². The summed E-state index contributed by atoms with van der Waals surface area (Å²) in [4.78, 5) is 13.4. The van der Waals surface area contributed by atoms with Crippen LogP contribution in [0.3, 0.4) is 0 Å². The lowest BCUT2D eigenvalue weighted by Crippen LogP contribution is -2.27. The van der Waals surface area contributed by atoms with Gasteiger partial charge in [0.15, 0.2) is 0 Å². The van der Waals surface area contributed by atoms with E-state index in [1.165, 1.54) is 6.42 Å². The van der Waals surface area contributed by atoms with Gasteiger partial charge in [-0.1, -0.05) is 30.4 Å². The Morgan fingerprint density at radius 2 is 2.03 bits per heavy atom. The van der Waals surface area contributed by atoms with Crippen LogP contribution in [0.2, 0.25) is 0 Å². The summed E-state index contributed by atoms with van der Waals surface area (Å²) in [6.07, 6.45) is 12.5. The quantitative estimate of drug-likeness (QED) is 0.167. The van der Waals surface area contributed by atoms with Crippen LogP contribution < -0.4 is 9.47 Å². The first-order valence-corrected chi connectivity index (χ1v) is 13.2. The predicted molar refractivity (Wildman–Crippen MR) is 138 cm³/mol. The monoisotopic (exact) mass is 490 g/mol. The van der Waals surface area contributed by atoms with E-state index in [0.29, 0.717) is 29.9 Å². The van der Waals surface area contributed by atoms with Gasteiger partial charge in [-0.25, -0.2) is 4.79 Å². The maximum Gasteiger partial charge on any atom is 0.342 e. The molecule has 0 aromatic heterocycles. The van der Waals surface area contributed by atoms with E-state index in [0.717, 1.165) is 17.1 Å². The Labute approximate surface area is 206 Å². The van der Waals surface area contributed by atoms with Crippen LogP contribution >= 0.6 is 23.5 Å². The van der Waals surface area contributed by atoms with Crippen LogP contribution in [-0.2, 0) is 15.9 Å². The van der Waals surface area contributed by atoms with E-state index in [4.69, 9.17) is 18.9 Å². The van der Waals surface area contributed by atoms with Crippen molar-refractivity contribution in [3.8, 4) is 11.5 Å². The van der Waals surface area contributed by atoms with Gasteiger partial charge in [0.2, 0.25) is 0 Å². The van der Waals surface area contributed by atoms with Gasteiger partial charge in [0.25, 0.3) is 0 Å². The smallest absolute Gasteiger partial charge is 0.342 e. The molecule has 2 heterocycles. The van der Waals surface area contributed by atoms with Crippen molar-refractivity contribution in [1.29, 1.82) is 0 Å². The van der Waals surface area contributed by atoms with Crippen LogP contribution in [0.15, 0.2) is 49.1 Å². The van der Waals surface area contributed by atoms with Gasteiger partial charge < -0.3 is 18.9 Å². The van der Waals surface area contributed by atoms with Gasteiger partial charge in [0.1, 0.15) is 29.3 Å². The zero-order valence-corrected chi connectivity index (χ0v) is 21.5. The molecule has 180 valence electrons. The lowest BCUT2D eigenvalue weighted by molar-refractivity contribution is 0.0305. The molecule has 2 aliphatic heterocycles. The fraction of sp³-hybridized carbons (Fsp3) is 0.500. The second kappa shape index (κ2) is 12.0. The first kappa shape index (κ1) is 25.8. The molecule has 0 saturated carbocycles. The Morgan fingerprint density at radius 1 is 1.27 bits per heavy atom. The molecular formula is C26H34O5S2. The summed E-state index contributed by atoms with van der Waals surface area (Å²) >= 11 is 3.84. The predicted octanol–water partition coefficient (Wildman–Crippen LogP) is 5.83. The maximum absolute atomic E-state index is 13.4. The molecule has 2 fully saturated rings. The van der Waals surface area contributed by atoms with Crippen LogP contribution in [0.1, 0.15) is 42.6 Å². The third kappa shape index (κ3) is 6.84. The molecule has 33 heavy (non-hydrogen) atoms. The van der Waals surface area contributed by atoms with Crippen LogP contribution in [0, 0.1) is 0 Å². The number of thioether (sulfide) groups is 2. The average molecular weight is 491 g/mol. The van der Waals surface area contributed by atoms with Crippen molar-refractivity contribution in [2.24, 2.45) is 0 Å². The summed E-state index contributed by atoms with van der Waals surface area (Å²) in [5, 5.41) is 0. The molecule has 3 atom stereocenters. The van der Waals surface area contributed by atoms with E-state index in [1.54, 1.807) is 26.4 Å². The van der Waals surface area contributed by atoms with Gasteiger partial charge >= 0.3 is 5.97 Å². The first-order valence-electron chi connectivity index (χ1n) is 11.3. The first-order chi connectivity index (χ1) is 15.9. The highest BCUT2D eigenvalue weighted by molar-refractivity contribution is 8.19. The number of allylic oxidation sites excluding steroid dienone is 3. The van der Waals surface area contributed by atoms with Crippen molar-refractivity contribution in [3.05, 3.63) is 60.2 Å². The summed E-state index contributed by atoms with van der Waals surface area (Å²) in [6, 6.07) is 3.68. The molecule has 0 aliphatic carbocycles. The number of epoxide rings is 1. The molecule has 7 heteroatoms. The molecule has 2 aliphatic rings. The van der Waals surface area contributed by atoms with Gasteiger partial charge in [-0.2, -0.15) is 0 Å². The minimum Gasteiger partial charge on any atom is -0.497 e. The number of benzene rings is 1. The molecule has 0 unspecified atom stereocenters. The van der Waals surface area contributed by atoms with E-state index in [-0.39, 0.29) is 28.4 Å². The molecule has 1 aromatic carbocycles. The standard InChI is InChI=1S/C26H34O5S2/c1-6-8-9-11-26(32-12-10-13-33-26)17-19-15-20(28-4)16-23(29-5)24(19)25(27)30-18(3)14-22-21(7-2)31-22/h6-9,11,15-16,18,21-22H,2,10,12-14,17H2,1,3-5H3/b8-6+,11-9+/t18-,21-,22-/m1/s1. The third-order valence-electron chi connectivity index (χ3n) is 5.62. The average Bonchev–Trinajstić information content (AvgIpc) is 3.56. The Bertz CT molecular complexity index is 889. The zero-order valence-electron chi connectivity index (χ0n) is 19.9. The highest BCUT2D eigenvalue weighted by atomic mass is 32.2. The molecule has 0 radical (unpaired) electrons. The van der Waals surface area contributed by atoms with Crippen molar-refractivity contribution in [3.63, 3.8) is 0 Å². The molecule has 0 N–H and O–H groups in total. The topological polar surface area (TPSA) is 57.3 Å². The van der Waals surface area contributed by atoms with Crippen LogP contribution in [0.4, 0.5) is 0 Å². The largest absolute Gasteiger partial charge is 0.497 e. The number of rotatable bonds is 11. The molecule has 1 aromatic rings. The summed E-state index contributed by atoms with van der Waals surface area (Å²) in [5.74, 6) is 2.90. The highest BCUT2D eigenvalue weighted by Gasteiger charge is 2.38. The van der Waals surface area contributed by atoms with Crippen LogP contribution in [0.5, 0.6) is 11.5 Å². The van der Waals surface area contributed by atoms with E-state index in [9.17, 15) is 4.79 Å². The van der Waals surface area contributed by atoms with Crippen LogP contribution in [0.25, 0.3) is 0 Å². The lowest BCUT2D eigenvalue weighted by Gasteiger charge is -2.34. The Kier molecular flexibility index (Phi) is 9.41. The van der Waals surface area contributed by atoms with Gasteiger partial charge in [-0.05, 0) is 43.4 Å². The molecule has 3 rings (SSSR count). The van der Waals surface area contributed by atoms with Crippen molar-refractivity contribution in [1.82, 2.24) is 0 Å². The molecule has 0 amide bonds. The zero-order chi connectivity index (χ0) is 23.8. The fourth-order valence-corrected chi connectivity index (χ4v) is 7.04. The van der Waals surface area contributed by atoms with Gasteiger partial charge in [-0.3, -0.25) is 0 Å². The third-order valence-corrected chi connectivity index (χ3v) is 8.85. The SMILES string of the molecule is C=C[C@H]1O[C@@H]1C[C@@H](C)OC(=O)c1c(CC2(/C=C/C=C/C)SCCCS2)cc(OC)cc1OC. The summed E-state index contributed by atoms with van der Waals surface area (Å²) in [5.41, 5.74) is 1.33. The lowest BCUT2D eigenvalue weighted by atomic mass is 10.00. The van der Waals surface area contributed by atoms with Gasteiger partial charge in [0.05, 0.1) is 24.4 Å². The Hall–Kier alpha value is -1.83. The number of carbonyl (C=O) groups is 1. The highest BCUT2D eigenvalue weighted by Crippen LogP contribution is 2.47. The number of hydrogen-bond donors (Lipinski definition) is 0. The van der Waals surface area contributed by atoms with Crippen molar-refractivity contribution >= 4 is 29.5 Å². The molecule has 0 bridgehead atoms. The normalized spacial score (nSPS) is 22.8. The van der Waals surface area contributed by atoms with E-state index in [2.05, 4.69) is 18.7 Å². The Balaban J connectivity index is 1.90. The summed E-state index contributed by atoms with van der Waals surface area (Å²) < 4.78 is 22.3. The van der Waals surface area contributed by atoms with Crippen LogP contribution in [-0.4, -0.2) is 54.1 Å². The minimum absolute atomic E-state index is 0.0569. The number of esters is 1. The van der Waals surface area contributed by atoms with Gasteiger partial charge in [-0.15, -0.1) is 30.1 Å². The molecule has 5 nitrogen and oxygen atoms in total. The molecular weight excluding hydrogens is 456 g/mol. The van der Waals surface area contributed by atoms with Crippen molar-refractivity contribution < 1.29 is 23.7 Å².